The second-order valence-corrected chi connectivity index (χ2v) is 5.19. The zero-order valence-electron chi connectivity index (χ0n) is 9.70. The molecule has 0 amide bonds. The van der Waals surface area contributed by atoms with Crippen molar-refractivity contribution in [3.05, 3.63) is 26.4 Å². The number of hydrogen-bond acceptors (Lipinski definition) is 3. The van der Waals surface area contributed by atoms with E-state index < -0.39 is 0 Å². The number of aromatic nitrogens is 2. The normalized spacial score (nSPS) is 22.9. The van der Waals surface area contributed by atoms with E-state index >= 15 is 0 Å². The van der Waals surface area contributed by atoms with Gasteiger partial charge in [0, 0.05) is 17.9 Å². The summed E-state index contributed by atoms with van der Waals surface area (Å²) in [4.78, 5) is 14.8. The maximum absolute atomic E-state index is 12.0. The third-order valence-corrected chi connectivity index (χ3v) is 4.01. The molecular formula is C12H16N2O2S. The molecule has 17 heavy (non-hydrogen) atoms. The van der Waals surface area contributed by atoms with Crippen LogP contribution in [0.2, 0.25) is 0 Å². The Morgan fingerprint density at radius 3 is 3.06 bits per heavy atom. The monoisotopic (exact) mass is 252 g/mol. The summed E-state index contributed by atoms with van der Waals surface area (Å²) in [5, 5.41) is 0. The topological polar surface area (TPSA) is 47.0 Å². The molecule has 0 radical (unpaired) electrons. The third kappa shape index (κ3) is 1.98. The molecule has 2 aliphatic rings. The fourth-order valence-corrected chi connectivity index (χ4v) is 3.13. The average molecular weight is 252 g/mol. The standard InChI is InChI=1S/C12H16N2O2S/c15-12-13-11(17)9-4-1-5-10(9)14(12)7-8-3-2-6-16-8/h8H,1-7H2,(H,13,15,17). The van der Waals surface area contributed by atoms with E-state index in [2.05, 4.69) is 4.98 Å². The number of fused-ring (bicyclic) bond motifs is 1. The molecule has 92 valence electrons. The number of nitrogens with one attached hydrogen (secondary N) is 1. The average Bonchev–Trinajstić information content (AvgIpc) is 2.95. The lowest BCUT2D eigenvalue weighted by Gasteiger charge is -2.15. The minimum absolute atomic E-state index is 0.0776. The number of nitrogens with zero attached hydrogens (tertiary/aromatic N) is 1. The van der Waals surface area contributed by atoms with Gasteiger partial charge < -0.3 is 4.74 Å². The molecule has 1 atom stereocenters. The first-order chi connectivity index (χ1) is 8.25. The molecule has 0 spiro atoms. The maximum Gasteiger partial charge on any atom is 0.326 e. The van der Waals surface area contributed by atoms with Crippen LogP contribution in [0.3, 0.4) is 0 Å². The zero-order valence-corrected chi connectivity index (χ0v) is 10.5. The zero-order chi connectivity index (χ0) is 11.8. The van der Waals surface area contributed by atoms with Crippen LogP contribution in [0.1, 0.15) is 30.5 Å². The van der Waals surface area contributed by atoms with Crippen molar-refractivity contribution >= 4 is 12.2 Å². The van der Waals surface area contributed by atoms with Gasteiger partial charge in [0.1, 0.15) is 4.64 Å². The van der Waals surface area contributed by atoms with E-state index in [0.717, 1.165) is 50.0 Å². The molecular weight excluding hydrogens is 236 g/mol. The van der Waals surface area contributed by atoms with Crippen molar-refractivity contribution in [3.8, 4) is 0 Å². The van der Waals surface area contributed by atoms with Crippen molar-refractivity contribution in [2.24, 2.45) is 0 Å². The van der Waals surface area contributed by atoms with Crippen LogP contribution in [0.4, 0.5) is 0 Å². The van der Waals surface area contributed by atoms with Gasteiger partial charge in [0.25, 0.3) is 0 Å². The van der Waals surface area contributed by atoms with E-state index in [1.165, 1.54) is 0 Å². The van der Waals surface area contributed by atoms with Gasteiger partial charge in [0.2, 0.25) is 0 Å². The summed E-state index contributed by atoms with van der Waals surface area (Å²) in [6.45, 7) is 1.50. The number of aromatic amines is 1. The Balaban J connectivity index is 2.01. The number of rotatable bonds is 2. The Morgan fingerprint density at radius 2 is 2.29 bits per heavy atom. The largest absolute Gasteiger partial charge is 0.376 e. The lowest BCUT2D eigenvalue weighted by molar-refractivity contribution is 0.0951. The Morgan fingerprint density at radius 1 is 1.41 bits per heavy atom. The Labute approximate surface area is 105 Å². The molecule has 1 aromatic rings. The molecule has 1 saturated heterocycles. The summed E-state index contributed by atoms with van der Waals surface area (Å²) < 4.78 is 8.07. The first-order valence-electron chi connectivity index (χ1n) is 6.22. The molecule has 1 unspecified atom stereocenters. The van der Waals surface area contributed by atoms with Crippen molar-refractivity contribution < 1.29 is 4.74 Å². The molecule has 1 aromatic heterocycles. The fourth-order valence-electron chi connectivity index (χ4n) is 2.82. The molecule has 0 aromatic carbocycles. The summed E-state index contributed by atoms with van der Waals surface area (Å²) in [6, 6.07) is 0. The molecule has 1 aliphatic carbocycles. The van der Waals surface area contributed by atoms with Gasteiger partial charge in [-0.25, -0.2) is 4.79 Å². The van der Waals surface area contributed by atoms with Crippen LogP contribution in [0.5, 0.6) is 0 Å². The lowest BCUT2D eigenvalue weighted by atomic mass is 10.2. The van der Waals surface area contributed by atoms with Crippen molar-refractivity contribution in [1.29, 1.82) is 0 Å². The lowest BCUT2D eigenvalue weighted by Crippen LogP contribution is -2.31. The van der Waals surface area contributed by atoms with Crippen LogP contribution in [0, 0.1) is 4.64 Å². The molecule has 0 saturated carbocycles. The van der Waals surface area contributed by atoms with E-state index in [0.29, 0.717) is 11.2 Å². The van der Waals surface area contributed by atoms with Crippen LogP contribution >= 0.6 is 12.2 Å². The van der Waals surface area contributed by atoms with Crippen molar-refractivity contribution in [3.63, 3.8) is 0 Å². The molecule has 1 N–H and O–H groups in total. The number of ether oxygens (including phenoxy) is 1. The molecule has 1 fully saturated rings. The van der Waals surface area contributed by atoms with Gasteiger partial charge in [-0.2, -0.15) is 0 Å². The van der Waals surface area contributed by atoms with Gasteiger partial charge in [0.05, 0.1) is 12.6 Å². The third-order valence-electron chi connectivity index (χ3n) is 3.66. The smallest absolute Gasteiger partial charge is 0.326 e. The summed E-state index contributed by atoms with van der Waals surface area (Å²) in [5.74, 6) is 0. The second-order valence-electron chi connectivity index (χ2n) is 4.78. The van der Waals surface area contributed by atoms with Gasteiger partial charge in [-0.15, -0.1) is 0 Å². The molecule has 0 bridgehead atoms. The highest BCUT2D eigenvalue weighted by Gasteiger charge is 2.22. The predicted molar refractivity (Wildman–Crippen MR) is 66.9 cm³/mol. The minimum atomic E-state index is -0.0776. The SMILES string of the molecule is O=c1[nH]c(=S)c2c(n1CC1CCCO1)CCC2. The number of hydrogen-bond donors (Lipinski definition) is 1. The van der Waals surface area contributed by atoms with Crippen LogP contribution in [-0.2, 0) is 24.1 Å². The predicted octanol–water partition coefficient (Wildman–Crippen LogP) is 1.57. The summed E-state index contributed by atoms with van der Waals surface area (Å²) >= 11 is 5.21. The van der Waals surface area contributed by atoms with Gasteiger partial charge >= 0.3 is 5.69 Å². The molecule has 4 nitrogen and oxygen atoms in total. The Hall–Kier alpha value is -0.940. The van der Waals surface area contributed by atoms with E-state index in [4.69, 9.17) is 17.0 Å². The summed E-state index contributed by atoms with van der Waals surface area (Å²) in [5.41, 5.74) is 2.22. The quantitative estimate of drug-likeness (QED) is 0.813. The Kier molecular flexibility index (Phi) is 2.88. The van der Waals surface area contributed by atoms with Gasteiger partial charge in [-0.1, -0.05) is 12.2 Å². The highest BCUT2D eigenvalue weighted by Crippen LogP contribution is 2.22. The van der Waals surface area contributed by atoms with E-state index in [1.807, 2.05) is 4.57 Å². The summed E-state index contributed by atoms with van der Waals surface area (Å²) in [7, 11) is 0. The van der Waals surface area contributed by atoms with Crippen molar-refractivity contribution in [1.82, 2.24) is 9.55 Å². The van der Waals surface area contributed by atoms with Gasteiger partial charge in [-0.05, 0) is 32.1 Å². The van der Waals surface area contributed by atoms with E-state index in [1.54, 1.807) is 0 Å². The van der Waals surface area contributed by atoms with E-state index in [-0.39, 0.29) is 11.8 Å². The van der Waals surface area contributed by atoms with Crippen molar-refractivity contribution in [2.75, 3.05) is 6.61 Å². The first-order valence-corrected chi connectivity index (χ1v) is 6.63. The van der Waals surface area contributed by atoms with Gasteiger partial charge in [-0.3, -0.25) is 9.55 Å². The molecule has 3 rings (SSSR count). The minimum Gasteiger partial charge on any atom is -0.376 e. The van der Waals surface area contributed by atoms with Crippen LogP contribution in [0.25, 0.3) is 0 Å². The summed E-state index contributed by atoms with van der Waals surface area (Å²) in [6.07, 6.45) is 5.41. The van der Waals surface area contributed by atoms with Crippen LogP contribution in [-0.4, -0.2) is 22.3 Å². The van der Waals surface area contributed by atoms with Crippen LogP contribution in [0.15, 0.2) is 4.79 Å². The second kappa shape index (κ2) is 4.38. The molecule has 5 heteroatoms. The van der Waals surface area contributed by atoms with E-state index in [9.17, 15) is 4.79 Å². The highest BCUT2D eigenvalue weighted by atomic mass is 32.1. The van der Waals surface area contributed by atoms with Gasteiger partial charge in [0.15, 0.2) is 0 Å². The fraction of sp³-hybridized carbons (Fsp3) is 0.667. The maximum atomic E-state index is 12.0. The number of H-pyrrole nitrogens is 1. The highest BCUT2D eigenvalue weighted by molar-refractivity contribution is 7.71. The molecule has 1 aliphatic heterocycles. The molecule has 2 heterocycles. The first kappa shape index (κ1) is 11.2. The van der Waals surface area contributed by atoms with Crippen molar-refractivity contribution in [2.45, 2.75) is 44.8 Å². The Bertz CT molecular complexity index is 540. The van der Waals surface area contributed by atoms with Crippen LogP contribution < -0.4 is 5.69 Å².